The summed E-state index contributed by atoms with van der Waals surface area (Å²) in [4.78, 5) is 0. The lowest BCUT2D eigenvalue weighted by atomic mass is 9.81. The number of halogens is 1. The van der Waals surface area contributed by atoms with Gasteiger partial charge in [0.15, 0.2) is 0 Å². The highest BCUT2D eigenvalue weighted by Gasteiger charge is 2.42. The number of rotatable bonds is 2. The Kier molecular flexibility index (Phi) is 2.82. The standard InChI is InChI=1S/C13H16FNO/c1-3-10-7-16-8-13(10,15)11-6-9(2)4-5-12(11)14/h3-6,10H,1,7-8,15H2,2H3/t10-,13?/m0/s1. The van der Waals surface area contributed by atoms with Crippen molar-refractivity contribution in [3.05, 3.63) is 47.8 Å². The molecule has 1 fully saturated rings. The first-order valence-corrected chi connectivity index (χ1v) is 5.34. The van der Waals surface area contributed by atoms with E-state index in [-0.39, 0.29) is 11.7 Å². The van der Waals surface area contributed by atoms with Crippen molar-refractivity contribution in [1.29, 1.82) is 0 Å². The second-order valence-electron chi connectivity index (χ2n) is 4.38. The minimum Gasteiger partial charge on any atom is -0.378 e. The lowest BCUT2D eigenvalue weighted by Crippen LogP contribution is -2.43. The molecule has 2 nitrogen and oxygen atoms in total. The molecular weight excluding hydrogens is 205 g/mol. The SMILES string of the molecule is C=C[C@H]1COCC1(N)c1cc(C)ccc1F. The maximum absolute atomic E-state index is 13.8. The fourth-order valence-corrected chi connectivity index (χ4v) is 2.16. The van der Waals surface area contributed by atoms with Gasteiger partial charge in [-0.2, -0.15) is 0 Å². The maximum Gasteiger partial charge on any atom is 0.128 e. The Balaban J connectivity index is 2.49. The van der Waals surface area contributed by atoms with E-state index in [2.05, 4.69) is 6.58 Å². The summed E-state index contributed by atoms with van der Waals surface area (Å²) < 4.78 is 19.2. The summed E-state index contributed by atoms with van der Waals surface area (Å²) >= 11 is 0. The molecule has 0 bridgehead atoms. The summed E-state index contributed by atoms with van der Waals surface area (Å²) in [6.45, 7) is 6.50. The van der Waals surface area contributed by atoms with Crippen molar-refractivity contribution < 1.29 is 9.13 Å². The lowest BCUT2D eigenvalue weighted by molar-refractivity contribution is 0.176. The van der Waals surface area contributed by atoms with Crippen molar-refractivity contribution in [1.82, 2.24) is 0 Å². The van der Waals surface area contributed by atoms with Gasteiger partial charge in [-0.3, -0.25) is 0 Å². The smallest absolute Gasteiger partial charge is 0.128 e. The fraction of sp³-hybridized carbons (Fsp3) is 0.385. The van der Waals surface area contributed by atoms with Gasteiger partial charge in [0.2, 0.25) is 0 Å². The zero-order chi connectivity index (χ0) is 11.8. The molecule has 0 radical (unpaired) electrons. The second kappa shape index (κ2) is 4.00. The Morgan fingerprint density at radius 3 is 3.06 bits per heavy atom. The third-order valence-corrected chi connectivity index (χ3v) is 3.21. The molecule has 1 heterocycles. The third-order valence-electron chi connectivity index (χ3n) is 3.21. The highest BCUT2D eigenvalue weighted by molar-refractivity contribution is 5.33. The molecule has 0 amide bonds. The van der Waals surface area contributed by atoms with E-state index in [1.165, 1.54) is 6.07 Å². The molecule has 3 heteroatoms. The Hall–Kier alpha value is -1.19. The Bertz CT molecular complexity index is 418. The van der Waals surface area contributed by atoms with Crippen molar-refractivity contribution in [3.8, 4) is 0 Å². The maximum atomic E-state index is 13.8. The number of hydrogen-bond donors (Lipinski definition) is 1. The second-order valence-corrected chi connectivity index (χ2v) is 4.38. The van der Waals surface area contributed by atoms with Gasteiger partial charge in [-0.05, 0) is 13.0 Å². The highest BCUT2D eigenvalue weighted by atomic mass is 19.1. The van der Waals surface area contributed by atoms with Gasteiger partial charge in [0.25, 0.3) is 0 Å². The molecule has 2 rings (SSSR count). The minimum absolute atomic E-state index is 0.0381. The topological polar surface area (TPSA) is 35.2 Å². The number of nitrogens with two attached hydrogens (primary N) is 1. The molecule has 1 aliphatic heterocycles. The first-order chi connectivity index (χ1) is 7.58. The van der Waals surface area contributed by atoms with Gasteiger partial charge in [0.1, 0.15) is 5.82 Å². The molecule has 2 N–H and O–H groups in total. The largest absolute Gasteiger partial charge is 0.378 e. The first kappa shape index (κ1) is 11.3. The van der Waals surface area contributed by atoms with Crippen LogP contribution in [0.4, 0.5) is 4.39 Å². The molecule has 1 aromatic carbocycles. The predicted molar refractivity (Wildman–Crippen MR) is 61.5 cm³/mol. The van der Waals surface area contributed by atoms with Gasteiger partial charge in [0.05, 0.1) is 18.8 Å². The molecule has 1 unspecified atom stereocenters. The summed E-state index contributed by atoms with van der Waals surface area (Å²) in [6.07, 6.45) is 1.74. The van der Waals surface area contributed by atoms with E-state index in [0.29, 0.717) is 18.8 Å². The highest BCUT2D eigenvalue weighted by Crippen LogP contribution is 2.35. The van der Waals surface area contributed by atoms with Crippen molar-refractivity contribution in [2.45, 2.75) is 12.5 Å². The fourth-order valence-electron chi connectivity index (χ4n) is 2.16. The molecular formula is C13H16FNO. The summed E-state index contributed by atoms with van der Waals surface area (Å²) in [5.74, 6) is -0.311. The molecule has 16 heavy (non-hydrogen) atoms. The third kappa shape index (κ3) is 1.66. The molecule has 86 valence electrons. The monoisotopic (exact) mass is 221 g/mol. The minimum atomic E-state index is -0.780. The zero-order valence-corrected chi connectivity index (χ0v) is 9.37. The summed E-state index contributed by atoms with van der Waals surface area (Å²) in [5, 5.41) is 0. The molecule has 2 atom stereocenters. The zero-order valence-electron chi connectivity index (χ0n) is 9.37. The van der Waals surface area contributed by atoms with E-state index in [1.54, 1.807) is 18.2 Å². The average Bonchev–Trinajstić information content (AvgIpc) is 2.64. The molecule has 0 aliphatic carbocycles. The molecule has 1 aromatic rings. The van der Waals surface area contributed by atoms with Crippen LogP contribution in [0.3, 0.4) is 0 Å². The van der Waals surface area contributed by atoms with E-state index in [9.17, 15) is 4.39 Å². The Labute approximate surface area is 94.9 Å². The van der Waals surface area contributed by atoms with Crippen LogP contribution in [0.2, 0.25) is 0 Å². The van der Waals surface area contributed by atoms with Crippen LogP contribution in [0.1, 0.15) is 11.1 Å². The van der Waals surface area contributed by atoms with Crippen molar-refractivity contribution in [3.63, 3.8) is 0 Å². The number of benzene rings is 1. The van der Waals surface area contributed by atoms with Crippen LogP contribution < -0.4 is 5.73 Å². The normalized spacial score (nSPS) is 29.3. The van der Waals surface area contributed by atoms with Crippen LogP contribution >= 0.6 is 0 Å². The summed E-state index contributed by atoms with van der Waals surface area (Å²) in [6, 6.07) is 4.99. The molecule has 1 saturated heterocycles. The van der Waals surface area contributed by atoms with E-state index in [4.69, 9.17) is 10.5 Å². The average molecular weight is 221 g/mol. The number of aryl methyl sites for hydroxylation is 1. The molecule has 0 aromatic heterocycles. The number of hydrogen-bond acceptors (Lipinski definition) is 2. The van der Waals surface area contributed by atoms with Crippen LogP contribution in [0, 0.1) is 18.7 Å². The summed E-state index contributed by atoms with van der Waals surface area (Å²) in [5.41, 5.74) is 7.01. The van der Waals surface area contributed by atoms with Crippen LogP contribution in [0.25, 0.3) is 0 Å². The van der Waals surface area contributed by atoms with Gasteiger partial charge < -0.3 is 10.5 Å². The number of ether oxygens (including phenoxy) is 1. The van der Waals surface area contributed by atoms with Gasteiger partial charge in [-0.15, -0.1) is 6.58 Å². The Morgan fingerprint density at radius 2 is 2.38 bits per heavy atom. The molecule has 0 spiro atoms. The van der Waals surface area contributed by atoms with Crippen LogP contribution in [0.5, 0.6) is 0 Å². The van der Waals surface area contributed by atoms with Crippen molar-refractivity contribution in [2.24, 2.45) is 11.7 Å². The predicted octanol–water partition coefficient (Wildman–Crippen LogP) is 2.12. The summed E-state index contributed by atoms with van der Waals surface area (Å²) in [7, 11) is 0. The van der Waals surface area contributed by atoms with E-state index in [0.717, 1.165) is 5.56 Å². The van der Waals surface area contributed by atoms with Gasteiger partial charge in [-0.25, -0.2) is 4.39 Å². The van der Waals surface area contributed by atoms with Crippen molar-refractivity contribution in [2.75, 3.05) is 13.2 Å². The van der Waals surface area contributed by atoms with Gasteiger partial charge in [0, 0.05) is 11.5 Å². The van der Waals surface area contributed by atoms with Gasteiger partial charge in [-0.1, -0.05) is 23.8 Å². The van der Waals surface area contributed by atoms with Crippen LogP contribution in [-0.2, 0) is 10.3 Å². The van der Waals surface area contributed by atoms with Gasteiger partial charge >= 0.3 is 0 Å². The first-order valence-electron chi connectivity index (χ1n) is 5.34. The van der Waals surface area contributed by atoms with E-state index >= 15 is 0 Å². The Morgan fingerprint density at radius 1 is 1.62 bits per heavy atom. The van der Waals surface area contributed by atoms with E-state index in [1.807, 2.05) is 6.92 Å². The lowest BCUT2D eigenvalue weighted by Gasteiger charge is -2.28. The molecule has 1 aliphatic rings. The molecule has 0 saturated carbocycles. The van der Waals surface area contributed by atoms with Crippen molar-refractivity contribution >= 4 is 0 Å². The van der Waals surface area contributed by atoms with E-state index < -0.39 is 5.54 Å². The van der Waals surface area contributed by atoms with Crippen LogP contribution in [-0.4, -0.2) is 13.2 Å². The quantitative estimate of drug-likeness (QED) is 0.776. The van der Waals surface area contributed by atoms with Crippen LogP contribution in [0.15, 0.2) is 30.9 Å².